The highest BCUT2D eigenvalue weighted by molar-refractivity contribution is 5.12. The molecular formula is C10H19F2N. The molecule has 2 aliphatic rings. The van der Waals surface area contributed by atoms with Gasteiger partial charge in [0.2, 0.25) is 0 Å². The molecule has 1 atom stereocenters. The summed E-state index contributed by atoms with van der Waals surface area (Å²) in [6.45, 7) is 5.58. The Kier molecular flexibility index (Phi) is 2.95. The number of rotatable bonds is 0. The fourth-order valence-electron chi connectivity index (χ4n) is 2.19. The van der Waals surface area contributed by atoms with Gasteiger partial charge in [-0.05, 0) is 26.4 Å². The van der Waals surface area contributed by atoms with Gasteiger partial charge in [0.1, 0.15) is 0 Å². The maximum atomic E-state index is 12.8. The Morgan fingerprint density at radius 2 is 1.77 bits per heavy atom. The Morgan fingerprint density at radius 3 is 2.08 bits per heavy atom. The van der Waals surface area contributed by atoms with Crippen LogP contribution in [0.5, 0.6) is 0 Å². The van der Waals surface area contributed by atoms with Crippen molar-refractivity contribution in [2.75, 3.05) is 20.1 Å². The molecule has 0 N–H and O–H groups in total. The van der Waals surface area contributed by atoms with Crippen molar-refractivity contribution in [2.45, 2.75) is 39.0 Å². The largest absolute Gasteiger partial charge is 0.306 e. The maximum Gasteiger partial charge on any atom is 0.255 e. The third-order valence-corrected chi connectivity index (χ3v) is 2.98. The number of hydrogen-bond donors (Lipinski definition) is 0. The average molecular weight is 191 g/mol. The van der Waals surface area contributed by atoms with Crippen LogP contribution < -0.4 is 0 Å². The standard InChI is InChI=1S/C8H13F2N.C2H6/c1-11-4-2-3-7(6-11)5-8(7,9)10;1-2/h2-6H2,1H3;1-2H3. The van der Waals surface area contributed by atoms with Crippen molar-refractivity contribution >= 4 is 0 Å². The number of alkyl halides is 2. The van der Waals surface area contributed by atoms with Gasteiger partial charge in [0.15, 0.2) is 0 Å². The van der Waals surface area contributed by atoms with Crippen LogP contribution in [0.25, 0.3) is 0 Å². The van der Waals surface area contributed by atoms with Crippen LogP contribution in [-0.4, -0.2) is 31.0 Å². The Morgan fingerprint density at radius 1 is 1.23 bits per heavy atom. The van der Waals surface area contributed by atoms with Gasteiger partial charge in [-0.2, -0.15) is 0 Å². The second-order valence-electron chi connectivity index (χ2n) is 4.00. The van der Waals surface area contributed by atoms with E-state index in [0.717, 1.165) is 19.4 Å². The molecule has 0 aromatic rings. The van der Waals surface area contributed by atoms with Crippen LogP contribution >= 0.6 is 0 Å². The molecule has 3 heteroatoms. The lowest BCUT2D eigenvalue weighted by Crippen LogP contribution is -2.36. The lowest BCUT2D eigenvalue weighted by Gasteiger charge is -2.29. The molecule has 0 aromatic carbocycles. The predicted octanol–water partition coefficient (Wildman–Crippen LogP) is 2.76. The lowest BCUT2D eigenvalue weighted by atomic mass is 9.95. The van der Waals surface area contributed by atoms with Crippen molar-refractivity contribution in [3.8, 4) is 0 Å². The molecule has 2 rings (SSSR count). The van der Waals surface area contributed by atoms with E-state index in [1.807, 2.05) is 25.8 Å². The highest BCUT2D eigenvalue weighted by Gasteiger charge is 2.70. The molecule has 1 aliphatic carbocycles. The van der Waals surface area contributed by atoms with E-state index in [1.54, 1.807) is 0 Å². The number of hydrogen-bond acceptors (Lipinski definition) is 1. The summed E-state index contributed by atoms with van der Waals surface area (Å²) >= 11 is 0. The number of nitrogens with zero attached hydrogens (tertiary/aromatic N) is 1. The second kappa shape index (κ2) is 3.52. The molecule has 0 radical (unpaired) electrons. The van der Waals surface area contributed by atoms with Gasteiger partial charge in [0, 0.05) is 13.0 Å². The van der Waals surface area contributed by atoms with E-state index in [2.05, 4.69) is 0 Å². The SMILES string of the molecule is CC.CN1CCCC2(C1)CC2(F)F. The summed E-state index contributed by atoms with van der Waals surface area (Å²) in [5, 5.41) is 0. The van der Waals surface area contributed by atoms with Crippen molar-refractivity contribution < 1.29 is 8.78 Å². The molecule has 1 saturated heterocycles. The van der Waals surface area contributed by atoms with E-state index in [1.165, 1.54) is 0 Å². The van der Waals surface area contributed by atoms with Gasteiger partial charge in [-0.15, -0.1) is 0 Å². The summed E-state index contributed by atoms with van der Waals surface area (Å²) in [7, 11) is 1.93. The van der Waals surface area contributed by atoms with Crippen LogP contribution in [0.4, 0.5) is 8.78 Å². The molecular weight excluding hydrogens is 172 g/mol. The quantitative estimate of drug-likeness (QED) is 0.569. The van der Waals surface area contributed by atoms with Gasteiger partial charge < -0.3 is 4.90 Å². The van der Waals surface area contributed by atoms with E-state index in [-0.39, 0.29) is 6.42 Å². The molecule has 1 nitrogen and oxygen atoms in total. The Balaban J connectivity index is 0.000000396. The molecule has 2 fully saturated rings. The van der Waals surface area contributed by atoms with Crippen LogP contribution in [0.15, 0.2) is 0 Å². The molecule has 1 heterocycles. The Bertz CT molecular complexity index is 182. The first kappa shape index (κ1) is 10.9. The zero-order valence-electron chi connectivity index (χ0n) is 8.74. The van der Waals surface area contributed by atoms with Crippen LogP contribution in [-0.2, 0) is 0 Å². The average Bonchev–Trinajstić information content (AvgIpc) is 2.55. The zero-order valence-corrected chi connectivity index (χ0v) is 8.74. The van der Waals surface area contributed by atoms with Crippen LogP contribution in [0.1, 0.15) is 33.1 Å². The van der Waals surface area contributed by atoms with E-state index < -0.39 is 11.3 Å². The van der Waals surface area contributed by atoms with Gasteiger partial charge >= 0.3 is 0 Å². The summed E-state index contributed by atoms with van der Waals surface area (Å²) in [5.74, 6) is -2.35. The normalized spacial score (nSPS) is 36.7. The highest BCUT2D eigenvalue weighted by atomic mass is 19.3. The Labute approximate surface area is 79.1 Å². The third-order valence-electron chi connectivity index (χ3n) is 2.98. The van der Waals surface area contributed by atoms with Crippen molar-refractivity contribution in [1.29, 1.82) is 0 Å². The fraction of sp³-hybridized carbons (Fsp3) is 1.00. The smallest absolute Gasteiger partial charge is 0.255 e. The molecule has 1 unspecified atom stereocenters. The summed E-state index contributed by atoms with van der Waals surface area (Å²) in [6.07, 6.45) is 1.79. The predicted molar refractivity (Wildman–Crippen MR) is 50.1 cm³/mol. The molecule has 78 valence electrons. The topological polar surface area (TPSA) is 3.24 Å². The minimum atomic E-state index is -2.35. The van der Waals surface area contributed by atoms with Gasteiger partial charge in [0.05, 0.1) is 5.41 Å². The van der Waals surface area contributed by atoms with E-state index in [4.69, 9.17) is 0 Å². The van der Waals surface area contributed by atoms with Crippen molar-refractivity contribution in [2.24, 2.45) is 5.41 Å². The van der Waals surface area contributed by atoms with Gasteiger partial charge in [-0.3, -0.25) is 0 Å². The first-order chi connectivity index (χ1) is 6.06. The first-order valence-corrected chi connectivity index (χ1v) is 5.12. The maximum absolute atomic E-state index is 12.8. The third kappa shape index (κ3) is 1.85. The number of piperidine rings is 1. The van der Waals surface area contributed by atoms with Crippen LogP contribution in [0.2, 0.25) is 0 Å². The van der Waals surface area contributed by atoms with E-state index in [9.17, 15) is 8.78 Å². The Hall–Kier alpha value is -0.180. The first-order valence-electron chi connectivity index (χ1n) is 5.12. The molecule has 1 saturated carbocycles. The van der Waals surface area contributed by atoms with Gasteiger partial charge in [-0.25, -0.2) is 8.78 Å². The minimum Gasteiger partial charge on any atom is -0.306 e. The zero-order chi connectivity index (χ0) is 10.1. The van der Waals surface area contributed by atoms with E-state index >= 15 is 0 Å². The monoisotopic (exact) mass is 191 g/mol. The fourth-order valence-corrected chi connectivity index (χ4v) is 2.19. The molecule has 13 heavy (non-hydrogen) atoms. The molecule has 0 bridgehead atoms. The summed E-state index contributed by atoms with van der Waals surface area (Å²) in [5.41, 5.74) is -0.611. The molecule has 0 amide bonds. The lowest BCUT2D eigenvalue weighted by molar-refractivity contribution is 0.0310. The van der Waals surface area contributed by atoms with Gasteiger partial charge in [0.25, 0.3) is 5.92 Å². The summed E-state index contributed by atoms with van der Waals surface area (Å²) < 4.78 is 25.6. The molecule has 1 spiro atoms. The van der Waals surface area contributed by atoms with Crippen LogP contribution in [0, 0.1) is 5.41 Å². The molecule has 0 aromatic heterocycles. The number of likely N-dealkylation sites (tertiary alicyclic amines) is 1. The van der Waals surface area contributed by atoms with Crippen molar-refractivity contribution in [3.05, 3.63) is 0 Å². The van der Waals surface area contributed by atoms with E-state index in [0.29, 0.717) is 6.54 Å². The van der Waals surface area contributed by atoms with Gasteiger partial charge in [-0.1, -0.05) is 13.8 Å². The summed E-state index contributed by atoms with van der Waals surface area (Å²) in [4.78, 5) is 2.02. The molecule has 1 aliphatic heterocycles. The highest BCUT2D eigenvalue weighted by Crippen LogP contribution is 2.64. The minimum absolute atomic E-state index is 0.129. The van der Waals surface area contributed by atoms with Crippen molar-refractivity contribution in [3.63, 3.8) is 0 Å². The van der Waals surface area contributed by atoms with Crippen molar-refractivity contribution in [1.82, 2.24) is 4.90 Å². The second-order valence-corrected chi connectivity index (χ2v) is 4.00. The summed E-state index contributed by atoms with van der Waals surface area (Å²) in [6, 6.07) is 0. The van der Waals surface area contributed by atoms with Crippen LogP contribution in [0.3, 0.4) is 0 Å². The number of halogens is 2.